The first kappa shape index (κ1) is 11.2. The highest BCUT2D eigenvalue weighted by atomic mass is 16.1. The predicted molar refractivity (Wildman–Crippen MR) is 65.9 cm³/mol. The lowest BCUT2D eigenvalue weighted by atomic mass is 10.1. The van der Waals surface area contributed by atoms with Gasteiger partial charge in [0.1, 0.15) is 0 Å². The highest BCUT2D eigenvalue weighted by Gasteiger charge is 2.03. The average Bonchev–Trinajstić information content (AvgIpc) is 2.75. The highest BCUT2D eigenvalue weighted by molar-refractivity contribution is 5.73. The first-order valence-corrected chi connectivity index (χ1v) is 5.32. The first-order valence-electron chi connectivity index (χ1n) is 5.32. The summed E-state index contributed by atoms with van der Waals surface area (Å²) in [6.07, 6.45) is 3.91. The Bertz CT molecular complexity index is 533. The molecule has 0 aliphatic carbocycles. The second-order valence-corrected chi connectivity index (χ2v) is 3.83. The molecule has 1 amide bonds. The van der Waals surface area contributed by atoms with Gasteiger partial charge < -0.3 is 11.5 Å². The van der Waals surface area contributed by atoms with Crippen LogP contribution < -0.4 is 11.5 Å². The molecule has 0 saturated carbocycles. The van der Waals surface area contributed by atoms with Gasteiger partial charge in [-0.05, 0) is 17.7 Å². The number of aryl methyl sites for hydroxylation is 1. The largest absolute Gasteiger partial charge is 0.399 e. The molecule has 0 bridgehead atoms. The molecule has 0 saturated heterocycles. The molecule has 0 spiro atoms. The number of hydrogen-bond donors (Lipinski definition) is 2. The molecule has 0 atom stereocenters. The molecule has 0 aliphatic rings. The van der Waals surface area contributed by atoms with Gasteiger partial charge in [-0.1, -0.05) is 12.1 Å². The van der Waals surface area contributed by atoms with Crippen LogP contribution in [0.4, 0.5) is 5.69 Å². The van der Waals surface area contributed by atoms with Crippen LogP contribution in [0.1, 0.15) is 6.42 Å². The van der Waals surface area contributed by atoms with Gasteiger partial charge in [-0.15, -0.1) is 0 Å². The van der Waals surface area contributed by atoms with Crippen LogP contribution in [0.3, 0.4) is 0 Å². The summed E-state index contributed by atoms with van der Waals surface area (Å²) < 4.78 is 1.70. The molecule has 1 heterocycles. The van der Waals surface area contributed by atoms with Crippen LogP contribution in [0, 0.1) is 0 Å². The lowest BCUT2D eigenvalue weighted by Crippen LogP contribution is -2.13. The monoisotopic (exact) mass is 230 g/mol. The van der Waals surface area contributed by atoms with E-state index in [1.165, 1.54) is 0 Å². The lowest BCUT2D eigenvalue weighted by Gasteiger charge is -1.99. The van der Waals surface area contributed by atoms with Gasteiger partial charge in [0.2, 0.25) is 5.91 Å². The minimum absolute atomic E-state index is 0.290. The Hall–Kier alpha value is -2.30. The van der Waals surface area contributed by atoms with Gasteiger partial charge in [-0.3, -0.25) is 9.48 Å². The summed E-state index contributed by atoms with van der Waals surface area (Å²) in [5, 5.41) is 4.16. The second kappa shape index (κ2) is 4.69. The lowest BCUT2D eigenvalue weighted by molar-refractivity contribution is -0.118. The van der Waals surface area contributed by atoms with E-state index < -0.39 is 0 Å². The van der Waals surface area contributed by atoms with Crippen molar-refractivity contribution in [3.8, 4) is 11.1 Å². The maximum atomic E-state index is 10.7. The molecule has 1 aromatic carbocycles. The number of carbonyl (C=O) groups excluding carboxylic acids is 1. The van der Waals surface area contributed by atoms with E-state index >= 15 is 0 Å². The van der Waals surface area contributed by atoms with Crippen molar-refractivity contribution in [2.75, 3.05) is 5.73 Å². The van der Waals surface area contributed by atoms with E-state index in [0.29, 0.717) is 12.2 Å². The molecule has 88 valence electrons. The van der Waals surface area contributed by atoms with Crippen molar-refractivity contribution in [2.45, 2.75) is 13.0 Å². The Kier molecular flexibility index (Phi) is 3.09. The number of nitrogens with zero attached hydrogens (tertiary/aromatic N) is 2. The van der Waals surface area contributed by atoms with Crippen LogP contribution in [0.15, 0.2) is 36.7 Å². The molecule has 0 unspecified atom stereocenters. The van der Waals surface area contributed by atoms with Crippen molar-refractivity contribution in [1.82, 2.24) is 9.78 Å². The van der Waals surface area contributed by atoms with E-state index in [1.807, 2.05) is 30.5 Å². The molecule has 2 aromatic rings. The van der Waals surface area contributed by atoms with Gasteiger partial charge in [0.15, 0.2) is 0 Å². The number of primary amides is 1. The van der Waals surface area contributed by atoms with Crippen LogP contribution in [-0.2, 0) is 11.3 Å². The van der Waals surface area contributed by atoms with E-state index in [2.05, 4.69) is 5.10 Å². The van der Waals surface area contributed by atoms with Gasteiger partial charge in [-0.25, -0.2) is 0 Å². The number of amides is 1. The zero-order chi connectivity index (χ0) is 12.3. The number of benzene rings is 1. The minimum atomic E-state index is -0.328. The minimum Gasteiger partial charge on any atom is -0.399 e. The van der Waals surface area contributed by atoms with E-state index in [9.17, 15) is 4.79 Å². The third-order valence-electron chi connectivity index (χ3n) is 2.44. The molecule has 0 fully saturated rings. The van der Waals surface area contributed by atoms with Gasteiger partial charge >= 0.3 is 0 Å². The predicted octanol–water partition coefficient (Wildman–Crippen LogP) is 1.01. The number of hydrogen-bond acceptors (Lipinski definition) is 3. The molecule has 0 radical (unpaired) electrons. The Labute approximate surface area is 99.0 Å². The quantitative estimate of drug-likeness (QED) is 0.768. The number of nitrogens with two attached hydrogens (primary N) is 2. The van der Waals surface area contributed by atoms with Crippen LogP contribution in [0.5, 0.6) is 0 Å². The summed E-state index contributed by atoms with van der Waals surface area (Å²) in [5.41, 5.74) is 13.5. The van der Waals surface area contributed by atoms with Crippen molar-refractivity contribution in [3.05, 3.63) is 36.7 Å². The zero-order valence-electron chi connectivity index (χ0n) is 9.34. The van der Waals surface area contributed by atoms with Crippen molar-refractivity contribution in [1.29, 1.82) is 0 Å². The SMILES string of the molecule is NC(=O)CCn1cc(-c2cccc(N)c2)cn1. The van der Waals surface area contributed by atoms with Crippen molar-refractivity contribution in [2.24, 2.45) is 5.73 Å². The molecule has 4 N–H and O–H groups in total. The summed E-state index contributed by atoms with van der Waals surface area (Å²) in [4.78, 5) is 10.7. The molecule has 0 aliphatic heterocycles. The van der Waals surface area contributed by atoms with Crippen LogP contribution >= 0.6 is 0 Å². The summed E-state index contributed by atoms with van der Waals surface area (Å²) in [7, 11) is 0. The van der Waals surface area contributed by atoms with Crippen molar-refractivity contribution in [3.63, 3.8) is 0 Å². The molecule has 17 heavy (non-hydrogen) atoms. The molecule has 5 heteroatoms. The van der Waals surface area contributed by atoms with E-state index in [0.717, 1.165) is 11.1 Å². The summed E-state index contributed by atoms with van der Waals surface area (Å²) in [6.45, 7) is 0.498. The van der Waals surface area contributed by atoms with Crippen LogP contribution in [0.2, 0.25) is 0 Å². The molecular formula is C12H14N4O. The Morgan fingerprint density at radius 1 is 1.35 bits per heavy atom. The summed E-state index contributed by atoms with van der Waals surface area (Å²) >= 11 is 0. The summed E-state index contributed by atoms with van der Waals surface area (Å²) in [5.74, 6) is -0.328. The average molecular weight is 230 g/mol. The van der Waals surface area contributed by atoms with E-state index in [4.69, 9.17) is 11.5 Å². The Morgan fingerprint density at radius 2 is 2.18 bits per heavy atom. The molecule has 1 aromatic heterocycles. The van der Waals surface area contributed by atoms with Crippen molar-refractivity contribution < 1.29 is 4.79 Å². The number of aromatic nitrogens is 2. The van der Waals surface area contributed by atoms with E-state index in [1.54, 1.807) is 10.9 Å². The van der Waals surface area contributed by atoms with E-state index in [-0.39, 0.29) is 12.3 Å². The third-order valence-corrected chi connectivity index (χ3v) is 2.44. The zero-order valence-corrected chi connectivity index (χ0v) is 9.34. The van der Waals surface area contributed by atoms with Crippen LogP contribution in [0.25, 0.3) is 11.1 Å². The van der Waals surface area contributed by atoms with Gasteiger partial charge in [0.05, 0.1) is 6.20 Å². The molecule has 2 rings (SSSR count). The normalized spacial score (nSPS) is 10.4. The standard InChI is InChI=1S/C12H14N4O/c13-11-3-1-2-9(6-11)10-7-15-16(8-10)5-4-12(14)17/h1-3,6-8H,4-5,13H2,(H2,14,17). The van der Waals surface area contributed by atoms with Crippen LogP contribution in [-0.4, -0.2) is 15.7 Å². The fourth-order valence-corrected chi connectivity index (χ4v) is 1.58. The highest BCUT2D eigenvalue weighted by Crippen LogP contribution is 2.20. The first-order chi connectivity index (χ1) is 8.15. The smallest absolute Gasteiger partial charge is 0.219 e. The van der Waals surface area contributed by atoms with Gasteiger partial charge in [-0.2, -0.15) is 5.10 Å². The fourth-order valence-electron chi connectivity index (χ4n) is 1.58. The Morgan fingerprint density at radius 3 is 2.88 bits per heavy atom. The molecule has 5 nitrogen and oxygen atoms in total. The van der Waals surface area contributed by atoms with Gasteiger partial charge in [0.25, 0.3) is 0 Å². The number of rotatable bonds is 4. The third kappa shape index (κ3) is 2.84. The Balaban J connectivity index is 2.15. The number of carbonyl (C=O) groups is 1. The maximum absolute atomic E-state index is 10.7. The number of anilines is 1. The second-order valence-electron chi connectivity index (χ2n) is 3.83. The van der Waals surface area contributed by atoms with Crippen molar-refractivity contribution >= 4 is 11.6 Å². The fraction of sp³-hybridized carbons (Fsp3) is 0.167. The maximum Gasteiger partial charge on any atom is 0.219 e. The molecular weight excluding hydrogens is 216 g/mol. The van der Waals surface area contributed by atoms with Gasteiger partial charge in [0, 0.05) is 30.4 Å². The number of nitrogen functional groups attached to an aromatic ring is 1. The topological polar surface area (TPSA) is 86.9 Å². The summed E-state index contributed by atoms with van der Waals surface area (Å²) in [6, 6.07) is 7.58.